The van der Waals surface area contributed by atoms with Crippen LogP contribution in [0.4, 0.5) is 0 Å². The molecule has 1 aromatic carbocycles. The van der Waals surface area contributed by atoms with Gasteiger partial charge in [-0.25, -0.2) is 0 Å². The smallest absolute Gasteiger partial charge is 0.0446 e. The molecule has 0 heterocycles. The van der Waals surface area contributed by atoms with Gasteiger partial charge in [0.05, 0.1) is 0 Å². The van der Waals surface area contributed by atoms with Crippen LogP contribution in [0.5, 0.6) is 0 Å². The molecule has 1 saturated carbocycles. The zero-order valence-electron chi connectivity index (χ0n) is 14.3. The highest BCUT2D eigenvalue weighted by molar-refractivity contribution is 5.25. The molecular weight excluding hydrogens is 258 g/mol. The summed E-state index contributed by atoms with van der Waals surface area (Å²) < 4.78 is 0. The summed E-state index contributed by atoms with van der Waals surface area (Å²) in [5.41, 5.74) is 3.12. The van der Waals surface area contributed by atoms with Crippen LogP contribution in [0, 0.1) is 6.92 Å². The first kappa shape index (κ1) is 16.5. The number of likely N-dealkylation sites (N-methyl/N-ethyl adjacent to an activating group) is 3. The van der Waals surface area contributed by atoms with Crippen LogP contribution in [0.3, 0.4) is 0 Å². The second-order valence-corrected chi connectivity index (χ2v) is 6.92. The van der Waals surface area contributed by atoms with Crippen molar-refractivity contribution in [2.75, 3.05) is 41.3 Å². The van der Waals surface area contributed by atoms with Crippen LogP contribution in [0.1, 0.15) is 36.4 Å². The Morgan fingerprint density at radius 3 is 2.43 bits per heavy atom. The van der Waals surface area contributed by atoms with E-state index in [1.54, 1.807) is 0 Å². The highest BCUT2D eigenvalue weighted by Crippen LogP contribution is 2.36. The van der Waals surface area contributed by atoms with Crippen molar-refractivity contribution < 1.29 is 0 Å². The molecule has 1 N–H and O–H groups in total. The number of benzene rings is 1. The maximum atomic E-state index is 3.47. The third-order valence-electron chi connectivity index (χ3n) is 5.08. The Labute approximate surface area is 130 Å². The van der Waals surface area contributed by atoms with Crippen molar-refractivity contribution in [3.8, 4) is 0 Å². The summed E-state index contributed by atoms with van der Waals surface area (Å²) in [5, 5.41) is 3.47. The molecule has 0 aromatic heterocycles. The van der Waals surface area contributed by atoms with E-state index >= 15 is 0 Å². The number of hydrogen-bond acceptors (Lipinski definition) is 3. The lowest BCUT2D eigenvalue weighted by molar-refractivity contribution is 0.0257. The quantitative estimate of drug-likeness (QED) is 0.832. The normalized spacial score (nSPS) is 18.8. The Kier molecular flexibility index (Phi) is 5.42. The third-order valence-corrected chi connectivity index (χ3v) is 5.08. The number of hydrogen-bond donors (Lipinski definition) is 1. The predicted octanol–water partition coefficient (Wildman–Crippen LogP) is 2.67. The fourth-order valence-corrected chi connectivity index (χ4v) is 3.46. The average Bonchev–Trinajstić information content (AvgIpc) is 2.39. The molecule has 0 amide bonds. The van der Waals surface area contributed by atoms with Crippen molar-refractivity contribution in [2.24, 2.45) is 0 Å². The van der Waals surface area contributed by atoms with E-state index in [4.69, 9.17) is 0 Å². The van der Waals surface area contributed by atoms with Crippen LogP contribution in [-0.2, 0) is 0 Å². The van der Waals surface area contributed by atoms with Gasteiger partial charge >= 0.3 is 0 Å². The van der Waals surface area contributed by atoms with Crippen molar-refractivity contribution in [1.82, 2.24) is 15.1 Å². The molecule has 0 spiro atoms. The first-order valence-electron chi connectivity index (χ1n) is 8.07. The fourth-order valence-electron chi connectivity index (χ4n) is 3.46. The molecule has 1 aromatic rings. The first-order valence-corrected chi connectivity index (χ1v) is 8.07. The fraction of sp³-hybridized carbons (Fsp3) is 0.667. The van der Waals surface area contributed by atoms with E-state index in [-0.39, 0.29) is 0 Å². The van der Waals surface area contributed by atoms with Crippen LogP contribution < -0.4 is 5.32 Å². The van der Waals surface area contributed by atoms with Gasteiger partial charge in [-0.05, 0) is 59.9 Å². The zero-order chi connectivity index (χ0) is 15.5. The van der Waals surface area contributed by atoms with E-state index in [0.29, 0.717) is 11.6 Å². The highest BCUT2D eigenvalue weighted by atomic mass is 15.2. The molecule has 0 saturated heterocycles. The molecule has 1 atom stereocenters. The third kappa shape index (κ3) is 3.85. The monoisotopic (exact) mass is 289 g/mol. The Morgan fingerprint density at radius 2 is 1.95 bits per heavy atom. The predicted molar refractivity (Wildman–Crippen MR) is 90.7 cm³/mol. The first-order chi connectivity index (χ1) is 9.97. The molecule has 3 nitrogen and oxygen atoms in total. The summed E-state index contributed by atoms with van der Waals surface area (Å²) in [5.74, 6) is 0. The maximum absolute atomic E-state index is 3.47. The van der Waals surface area contributed by atoms with E-state index < -0.39 is 0 Å². The summed E-state index contributed by atoms with van der Waals surface area (Å²) in [4.78, 5) is 4.91. The molecule has 0 radical (unpaired) electrons. The van der Waals surface area contributed by atoms with Crippen LogP contribution >= 0.6 is 0 Å². The van der Waals surface area contributed by atoms with Gasteiger partial charge in [-0.2, -0.15) is 0 Å². The Balaban J connectivity index is 1.98. The van der Waals surface area contributed by atoms with Gasteiger partial charge in [0, 0.05) is 24.7 Å². The summed E-state index contributed by atoms with van der Waals surface area (Å²) in [6, 6.07) is 9.24. The van der Waals surface area contributed by atoms with Crippen LogP contribution in [-0.4, -0.2) is 56.6 Å². The Hall–Kier alpha value is -0.900. The molecule has 3 heteroatoms. The van der Waals surface area contributed by atoms with Crippen LogP contribution in [0.15, 0.2) is 24.3 Å². The Bertz CT molecular complexity index is 452. The number of nitrogens with one attached hydrogen (secondary N) is 1. The van der Waals surface area contributed by atoms with Crippen molar-refractivity contribution >= 4 is 0 Å². The van der Waals surface area contributed by atoms with Gasteiger partial charge < -0.3 is 15.1 Å². The average molecular weight is 289 g/mol. The summed E-state index contributed by atoms with van der Waals surface area (Å²) in [6.07, 6.45) is 4.04. The van der Waals surface area contributed by atoms with Crippen molar-refractivity contribution in [3.63, 3.8) is 0 Å². The van der Waals surface area contributed by atoms with E-state index in [1.165, 1.54) is 30.4 Å². The molecule has 0 bridgehead atoms. The van der Waals surface area contributed by atoms with Gasteiger partial charge in [0.25, 0.3) is 0 Å². The molecule has 0 aliphatic heterocycles. The van der Waals surface area contributed by atoms with Gasteiger partial charge in [-0.15, -0.1) is 0 Å². The van der Waals surface area contributed by atoms with Crippen molar-refractivity contribution in [2.45, 2.75) is 37.8 Å². The molecule has 2 rings (SSSR count). The second kappa shape index (κ2) is 6.91. The number of rotatable bonds is 7. The number of nitrogens with zero attached hydrogens (tertiary/aromatic N) is 2. The van der Waals surface area contributed by atoms with Gasteiger partial charge in [-0.3, -0.25) is 0 Å². The van der Waals surface area contributed by atoms with Crippen LogP contribution in [0.25, 0.3) is 0 Å². The van der Waals surface area contributed by atoms with Gasteiger partial charge in [0.2, 0.25) is 0 Å². The number of aryl methyl sites for hydroxylation is 1. The maximum Gasteiger partial charge on any atom is 0.0446 e. The van der Waals surface area contributed by atoms with E-state index in [1.807, 2.05) is 0 Å². The highest BCUT2D eigenvalue weighted by Gasteiger charge is 2.39. The van der Waals surface area contributed by atoms with Crippen molar-refractivity contribution in [1.29, 1.82) is 0 Å². The molecule has 21 heavy (non-hydrogen) atoms. The minimum atomic E-state index is 0.397. The lowest BCUT2D eigenvalue weighted by Crippen LogP contribution is -2.57. The van der Waals surface area contributed by atoms with Crippen LogP contribution in [0.2, 0.25) is 0 Å². The van der Waals surface area contributed by atoms with Gasteiger partial charge in [0.15, 0.2) is 0 Å². The standard InChI is InChI=1S/C18H31N3/c1-15-8-6-9-16(12-15)17(19-2)13-21(5)14-18(20(3)4)10-7-11-18/h6,8-9,12,17,19H,7,10-11,13-14H2,1-5H3. The van der Waals surface area contributed by atoms with E-state index in [0.717, 1.165) is 13.1 Å². The summed E-state index contributed by atoms with van der Waals surface area (Å²) >= 11 is 0. The minimum absolute atomic E-state index is 0.397. The lowest BCUT2D eigenvalue weighted by Gasteiger charge is -2.49. The lowest BCUT2D eigenvalue weighted by atomic mass is 9.75. The van der Waals surface area contributed by atoms with Gasteiger partial charge in [0.1, 0.15) is 0 Å². The topological polar surface area (TPSA) is 18.5 Å². The summed E-state index contributed by atoms with van der Waals surface area (Å²) in [6.45, 7) is 4.37. The molecule has 1 aliphatic rings. The zero-order valence-corrected chi connectivity index (χ0v) is 14.3. The largest absolute Gasteiger partial charge is 0.312 e. The Morgan fingerprint density at radius 1 is 1.24 bits per heavy atom. The van der Waals surface area contributed by atoms with E-state index in [9.17, 15) is 0 Å². The second-order valence-electron chi connectivity index (χ2n) is 6.92. The molecule has 1 unspecified atom stereocenters. The SMILES string of the molecule is CNC(CN(C)CC1(N(C)C)CCC1)c1cccc(C)c1. The summed E-state index contributed by atoms with van der Waals surface area (Å²) in [7, 11) is 8.77. The van der Waals surface area contributed by atoms with Gasteiger partial charge in [-0.1, -0.05) is 29.8 Å². The molecule has 118 valence electrons. The molecule has 1 aliphatic carbocycles. The molecule has 1 fully saturated rings. The molecular formula is C18H31N3. The van der Waals surface area contributed by atoms with E-state index in [2.05, 4.69) is 74.5 Å². The van der Waals surface area contributed by atoms with Crippen molar-refractivity contribution in [3.05, 3.63) is 35.4 Å². The minimum Gasteiger partial charge on any atom is -0.312 e.